The summed E-state index contributed by atoms with van der Waals surface area (Å²) < 4.78 is 44.2. The molecule has 5 heterocycles. The van der Waals surface area contributed by atoms with E-state index in [9.17, 15) is 14.4 Å². The molecule has 0 saturated carbocycles. The molecule has 0 bridgehead atoms. The van der Waals surface area contributed by atoms with Crippen LogP contribution in [0.2, 0.25) is 5.02 Å². The number of fused-ring (bicyclic) bond motifs is 3. The van der Waals surface area contributed by atoms with E-state index < -0.39 is 35.8 Å². The Kier molecular flexibility index (Phi) is 9.62. The lowest BCUT2D eigenvalue weighted by atomic mass is 9.79. The Labute approximate surface area is 273 Å². The average molecular weight is 672 g/mol. The first-order valence-electron chi connectivity index (χ1n) is 15.4. The van der Waals surface area contributed by atoms with Gasteiger partial charge in [0, 0.05) is 56.4 Å². The van der Waals surface area contributed by atoms with Crippen molar-refractivity contribution in [3.05, 3.63) is 63.3 Å². The van der Waals surface area contributed by atoms with Gasteiger partial charge in [-0.3, -0.25) is 9.59 Å². The van der Waals surface area contributed by atoms with Crippen LogP contribution in [0.3, 0.4) is 0 Å². The van der Waals surface area contributed by atoms with Crippen molar-refractivity contribution in [3.8, 4) is 5.88 Å². The first-order chi connectivity index (χ1) is 22.7. The van der Waals surface area contributed by atoms with Crippen LogP contribution in [-0.2, 0) is 31.1 Å². The molecule has 47 heavy (non-hydrogen) atoms. The van der Waals surface area contributed by atoms with Crippen LogP contribution >= 0.6 is 11.6 Å². The van der Waals surface area contributed by atoms with Gasteiger partial charge in [0.2, 0.25) is 11.5 Å². The standard InChI is InChI=1S/C32H35ClFN5O8/c1-18-17-39(9-8-32(18,34)22-13-19(33)15-36-29(22)46-20-14-23(35-16-20)30(41)43-2)31(42)45-12-11-44-10-7-25-37-26-21-5-3-4-6-24(21)47-27(26)28(40)38-25/h3-6,13,15,18,20,23,35H,7-12,14,16-17H2,1-2H3,(H,37,38,40)/t18-,20?,23-,32+/m0/s1. The molecule has 3 aromatic heterocycles. The van der Waals surface area contributed by atoms with Crippen LogP contribution in [0.1, 0.15) is 31.2 Å². The van der Waals surface area contributed by atoms with Crippen molar-refractivity contribution >= 4 is 45.7 Å². The SMILES string of the molecule is COC(=O)[C@@H]1CC(Oc2ncc(Cl)cc2[C@@]2(F)CCN(C(=O)OCCOCCc3nc4c(oc5ccccc54)c(=O)[nH]3)C[C@@H]2C)CN1. The van der Waals surface area contributed by atoms with Crippen molar-refractivity contribution in [2.24, 2.45) is 5.92 Å². The van der Waals surface area contributed by atoms with Gasteiger partial charge in [-0.1, -0.05) is 30.7 Å². The summed E-state index contributed by atoms with van der Waals surface area (Å²) in [6.07, 6.45) is 1.07. The van der Waals surface area contributed by atoms with Gasteiger partial charge in [0.1, 0.15) is 41.3 Å². The molecular formula is C32H35ClFN5O8. The molecule has 2 N–H and O–H groups in total. The summed E-state index contributed by atoms with van der Waals surface area (Å²) in [5.41, 5.74) is -0.771. The van der Waals surface area contributed by atoms with Gasteiger partial charge in [-0.15, -0.1) is 0 Å². The minimum absolute atomic E-state index is 0.00196. The van der Waals surface area contributed by atoms with Gasteiger partial charge in [-0.25, -0.2) is 19.2 Å². The number of para-hydroxylation sites is 1. The van der Waals surface area contributed by atoms with Gasteiger partial charge in [-0.05, 0) is 18.2 Å². The summed E-state index contributed by atoms with van der Waals surface area (Å²) >= 11 is 6.22. The number of ether oxygens (including phenoxy) is 4. The monoisotopic (exact) mass is 671 g/mol. The lowest BCUT2D eigenvalue weighted by molar-refractivity contribution is -0.142. The van der Waals surface area contributed by atoms with Crippen molar-refractivity contribution in [1.82, 2.24) is 25.2 Å². The molecule has 1 unspecified atom stereocenters. The number of nitrogens with zero attached hydrogens (tertiary/aromatic N) is 3. The summed E-state index contributed by atoms with van der Waals surface area (Å²) in [6, 6.07) is 8.29. The molecule has 2 aliphatic rings. The maximum Gasteiger partial charge on any atom is 0.409 e. The normalized spacial score (nSPS) is 22.9. The fraction of sp³-hybridized carbons (Fsp3) is 0.469. The van der Waals surface area contributed by atoms with E-state index in [2.05, 4.69) is 20.3 Å². The topological polar surface area (TPSA) is 158 Å². The van der Waals surface area contributed by atoms with Gasteiger partial charge >= 0.3 is 12.1 Å². The van der Waals surface area contributed by atoms with Crippen LogP contribution in [0.25, 0.3) is 22.1 Å². The largest absolute Gasteiger partial charge is 0.473 e. The Balaban J connectivity index is 0.981. The van der Waals surface area contributed by atoms with Gasteiger partial charge in [0.05, 0.1) is 30.9 Å². The summed E-state index contributed by atoms with van der Waals surface area (Å²) in [5, 5.41) is 4.06. The Bertz CT molecular complexity index is 1830. The number of benzene rings is 1. The second kappa shape index (κ2) is 13.8. The number of amides is 1. The van der Waals surface area contributed by atoms with Crippen LogP contribution in [0.5, 0.6) is 5.88 Å². The third kappa shape index (κ3) is 6.90. The highest BCUT2D eigenvalue weighted by molar-refractivity contribution is 6.30. The highest BCUT2D eigenvalue weighted by Crippen LogP contribution is 2.45. The second-order valence-electron chi connectivity index (χ2n) is 11.7. The minimum atomic E-state index is -1.87. The summed E-state index contributed by atoms with van der Waals surface area (Å²) in [7, 11) is 1.32. The molecule has 2 aliphatic heterocycles. The number of piperidine rings is 1. The minimum Gasteiger partial charge on any atom is -0.473 e. The second-order valence-corrected chi connectivity index (χ2v) is 12.1. The van der Waals surface area contributed by atoms with E-state index in [0.29, 0.717) is 36.3 Å². The number of aromatic amines is 1. The number of alkyl halides is 1. The van der Waals surface area contributed by atoms with Gasteiger partial charge in [0.15, 0.2) is 0 Å². The molecule has 0 aliphatic carbocycles. The van der Waals surface area contributed by atoms with Crippen molar-refractivity contribution in [1.29, 1.82) is 0 Å². The summed E-state index contributed by atoms with van der Waals surface area (Å²) in [4.78, 5) is 50.1. The molecule has 4 atom stereocenters. The molecule has 1 amide bonds. The molecule has 6 rings (SSSR count). The van der Waals surface area contributed by atoms with Crippen LogP contribution in [-0.4, -0.2) is 90.6 Å². The number of methoxy groups -OCH3 is 1. The number of hydrogen-bond acceptors (Lipinski definition) is 11. The fourth-order valence-electron chi connectivity index (χ4n) is 6.08. The zero-order chi connectivity index (χ0) is 33.1. The number of carbonyl (C=O) groups excluding carboxylic acids is 2. The van der Waals surface area contributed by atoms with E-state index in [1.54, 1.807) is 13.0 Å². The van der Waals surface area contributed by atoms with Gasteiger partial charge < -0.3 is 38.6 Å². The Hall–Kier alpha value is -4.27. The third-order valence-corrected chi connectivity index (χ3v) is 8.82. The Morgan fingerprint density at radius 2 is 2.06 bits per heavy atom. The number of rotatable bonds is 10. The number of likely N-dealkylation sites (tertiary alicyclic amines) is 1. The molecule has 0 spiro atoms. The molecule has 15 heteroatoms. The summed E-state index contributed by atoms with van der Waals surface area (Å²) in [6.45, 7) is 2.65. The lowest BCUT2D eigenvalue weighted by Gasteiger charge is -2.41. The van der Waals surface area contributed by atoms with Crippen LogP contribution in [0.4, 0.5) is 9.18 Å². The first-order valence-corrected chi connectivity index (χ1v) is 15.8. The number of H-pyrrole nitrogens is 1. The molecule has 250 valence electrons. The summed E-state index contributed by atoms with van der Waals surface area (Å²) in [5.74, 6) is -0.468. The average Bonchev–Trinajstić information content (AvgIpc) is 3.69. The fourth-order valence-corrected chi connectivity index (χ4v) is 6.24. The van der Waals surface area contributed by atoms with E-state index in [1.165, 1.54) is 24.3 Å². The van der Waals surface area contributed by atoms with Crippen molar-refractivity contribution < 1.29 is 37.3 Å². The highest BCUT2D eigenvalue weighted by Gasteiger charge is 2.47. The predicted molar refractivity (Wildman–Crippen MR) is 168 cm³/mol. The van der Waals surface area contributed by atoms with E-state index in [-0.39, 0.29) is 66.9 Å². The zero-order valence-electron chi connectivity index (χ0n) is 25.9. The molecule has 0 radical (unpaired) electrons. The van der Waals surface area contributed by atoms with Crippen LogP contribution in [0.15, 0.2) is 45.7 Å². The van der Waals surface area contributed by atoms with Crippen molar-refractivity contribution in [2.75, 3.05) is 46.6 Å². The third-order valence-electron chi connectivity index (χ3n) is 8.62. The zero-order valence-corrected chi connectivity index (χ0v) is 26.7. The van der Waals surface area contributed by atoms with E-state index in [1.807, 2.05) is 18.2 Å². The quantitative estimate of drug-likeness (QED) is 0.186. The predicted octanol–water partition coefficient (Wildman–Crippen LogP) is 3.90. The van der Waals surface area contributed by atoms with Crippen molar-refractivity contribution in [3.63, 3.8) is 0 Å². The molecule has 2 saturated heterocycles. The Morgan fingerprint density at radius 3 is 2.87 bits per heavy atom. The van der Waals surface area contributed by atoms with E-state index in [4.69, 9.17) is 35.0 Å². The first kappa shape index (κ1) is 32.7. The van der Waals surface area contributed by atoms with Gasteiger partial charge in [-0.2, -0.15) is 0 Å². The molecule has 4 aromatic rings. The number of hydrogen-bond donors (Lipinski definition) is 2. The van der Waals surface area contributed by atoms with Gasteiger partial charge in [0.25, 0.3) is 5.56 Å². The number of carbonyl (C=O) groups is 2. The maximum atomic E-state index is 16.7. The number of pyridine rings is 1. The lowest BCUT2D eigenvalue weighted by Crippen LogP contribution is -2.49. The molecular weight excluding hydrogens is 637 g/mol. The maximum absolute atomic E-state index is 16.7. The number of halogens is 2. The molecule has 1 aromatic carbocycles. The number of furan rings is 1. The van der Waals surface area contributed by atoms with E-state index >= 15 is 4.39 Å². The van der Waals surface area contributed by atoms with Crippen molar-refractivity contribution in [2.45, 2.75) is 44.0 Å². The molecule has 13 nitrogen and oxygen atoms in total. The van der Waals surface area contributed by atoms with Crippen LogP contribution < -0.4 is 15.6 Å². The Morgan fingerprint density at radius 1 is 1.23 bits per heavy atom. The van der Waals surface area contributed by atoms with Crippen LogP contribution in [0, 0.1) is 5.92 Å². The number of esters is 1. The van der Waals surface area contributed by atoms with E-state index in [0.717, 1.165) is 5.39 Å². The highest BCUT2D eigenvalue weighted by atomic mass is 35.5. The molecule has 2 fully saturated rings. The smallest absolute Gasteiger partial charge is 0.409 e. The number of aromatic nitrogens is 3. The number of nitrogens with one attached hydrogen (secondary N) is 2.